The molecule has 1 aliphatic carbocycles. The first-order valence-corrected chi connectivity index (χ1v) is 6.25. The lowest BCUT2D eigenvalue weighted by Gasteiger charge is -2.26. The molecule has 0 amide bonds. The van der Waals surface area contributed by atoms with Gasteiger partial charge in [-0.3, -0.25) is 0 Å². The van der Waals surface area contributed by atoms with Crippen molar-refractivity contribution in [1.29, 1.82) is 0 Å². The fourth-order valence-electron chi connectivity index (χ4n) is 2.74. The molecule has 5 heteroatoms. The zero-order chi connectivity index (χ0) is 12.7. The molecule has 0 radical (unpaired) electrons. The van der Waals surface area contributed by atoms with Crippen molar-refractivity contribution in [3.05, 3.63) is 29.6 Å². The average molecular weight is 251 g/mol. The highest BCUT2D eigenvalue weighted by Crippen LogP contribution is 2.31. The van der Waals surface area contributed by atoms with Crippen molar-refractivity contribution in [2.24, 2.45) is 5.73 Å². The van der Waals surface area contributed by atoms with Crippen LogP contribution >= 0.6 is 0 Å². The Hall–Kier alpha value is -1.49. The molecule has 3 N–H and O–H groups in total. The summed E-state index contributed by atoms with van der Waals surface area (Å²) in [6, 6.07) is 2.17. The minimum atomic E-state index is -0.628. The Bertz CT molecular complexity index is 579. The summed E-state index contributed by atoms with van der Waals surface area (Å²) in [4.78, 5) is 7.26. The van der Waals surface area contributed by atoms with Crippen molar-refractivity contribution in [2.45, 2.75) is 37.6 Å². The summed E-state index contributed by atoms with van der Waals surface area (Å²) >= 11 is 0. The van der Waals surface area contributed by atoms with Crippen molar-refractivity contribution in [3.8, 4) is 0 Å². The molecule has 2 aromatic rings. The molecule has 0 saturated heterocycles. The molecule has 1 aromatic carbocycles. The second-order valence-electron chi connectivity index (χ2n) is 4.96. The minimum Gasteiger partial charge on any atom is -0.342 e. The van der Waals surface area contributed by atoms with E-state index in [0.29, 0.717) is 11.3 Å². The van der Waals surface area contributed by atoms with E-state index in [2.05, 4.69) is 9.97 Å². The number of benzene rings is 1. The first-order valence-electron chi connectivity index (χ1n) is 6.25. The third kappa shape index (κ3) is 1.88. The number of halogens is 2. The Labute approximate surface area is 103 Å². The topological polar surface area (TPSA) is 54.7 Å². The maximum atomic E-state index is 13.6. The molecule has 0 aliphatic heterocycles. The Morgan fingerprint density at radius 3 is 2.78 bits per heavy atom. The third-order valence-electron chi connectivity index (χ3n) is 3.69. The number of hydrogen-bond acceptors (Lipinski definition) is 2. The Kier molecular flexibility index (Phi) is 2.78. The zero-order valence-electron chi connectivity index (χ0n) is 9.92. The number of H-pyrrole nitrogens is 1. The van der Waals surface area contributed by atoms with Crippen LogP contribution in [-0.4, -0.2) is 16.0 Å². The second kappa shape index (κ2) is 4.31. The van der Waals surface area contributed by atoms with Gasteiger partial charge in [0.05, 0.1) is 5.52 Å². The van der Waals surface area contributed by atoms with Crippen LogP contribution in [-0.2, 0) is 0 Å². The molecule has 3 rings (SSSR count). The van der Waals surface area contributed by atoms with Gasteiger partial charge in [-0.15, -0.1) is 0 Å². The monoisotopic (exact) mass is 251 g/mol. The van der Waals surface area contributed by atoms with Gasteiger partial charge in [0.25, 0.3) is 0 Å². The van der Waals surface area contributed by atoms with Crippen LogP contribution in [0.15, 0.2) is 12.1 Å². The maximum Gasteiger partial charge on any atom is 0.153 e. The van der Waals surface area contributed by atoms with Crippen LogP contribution in [0, 0.1) is 11.6 Å². The van der Waals surface area contributed by atoms with Gasteiger partial charge < -0.3 is 10.7 Å². The van der Waals surface area contributed by atoms with Crippen LogP contribution in [0.5, 0.6) is 0 Å². The van der Waals surface area contributed by atoms with E-state index < -0.39 is 11.6 Å². The van der Waals surface area contributed by atoms with Gasteiger partial charge in [0.2, 0.25) is 0 Å². The smallest absolute Gasteiger partial charge is 0.153 e. The lowest BCUT2D eigenvalue weighted by molar-refractivity contribution is 0.375. The number of fused-ring (bicyclic) bond motifs is 1. The molecule has 96 valence electrons. The summed E-state index contributed by atoms with van der Waals surface area (Å²) in [7, 11) is 0. The molecule has 1 aromatic heterocycles. The number of aromatic nitrogens is 2. The summed E-state index contributed by atoms with van der Waals surface area (Å²) in [6.45, 7) is 0. The molecule has 1 heterocycles. The van der Waals surface area contributed by atoms with Crippen LogP contribution in [0.25, 0.3) is 11.0 Å². The van der Waals surface area contributed by atoms with E-state index in [0.717, 1.165) is 31.7 Å². The van der Waals surface area contributed by atoms with Gasteiger partial charge in [-0.25, -0.2) is 13.8 Å². The first-order chi connectivity index (χ1) is 8.65. The summed E-state index contributed by atoms with van der Waals surface area (Å²) in [6.07, 6.45) is 4.14. The number of nitrogens with one attached hydrogen (secondary N) is 1. The van der Waals surface area contributed by atoms with Gasteiger partial charge >= 0.3 is 0 Å². The Morgan fingerprint density at radius 1 is 1.22 bits per heavy atom. The van der Waals surface area contributed by atoms with Crippen LogP contribution < -0.4 is 5.73 Å². The minimum absolute atomic E-state index is 0.0484. The van der Waals surface area contributed by atoms with Crippen molar-refractivity contribution >= 4 is 11.0 Å². The number of aromatic amines is 1. The maximum absolute atomic E-state index is 13.6. The molecule has 2 unspecified atom stereocenters. The van der Waals surface area contributed by atoms with Crippen molar-refractivity contribution in [2.75, 3.05) is 0 Å². The van der Waals surface area contributed by atoms with Gasteiger partial charge in [-0.2, -0.15) is 0 Å². The largest absolute Gasteiger partial charge is 0.342 e. The average Bonchev–Trinajstić information content (AvgIpc) is 2.73. The van der Waals surface area contributed by atoms with Crippen LogP contribution in [0.1, 0.15) is 37.4 Å². The van der Waals surface area contributed by atoms with E-state index in [1.54, 1.807) is 0 Å². The predicted octanol–water partition coefficient (Wildman–Crippen LogP) is 2.83. The summed E-state index contributed by atoms with van der Waals surface area (Å²) in [5.41, 5.74) is 6.67. The fraction of sp³-hybridized carbons (Fsp3) is 0.462. The highest BCUT2D eigenvalue weighted by molar-refractivity contribution is 5.75. The van der Waals surface area contributed by atoms with Gasteiger partial charge in [0, 0.05) is 18.0 Å². The molecule has 1 saturated carbocycles. The van der Waals surface area contributed by atoms with E-state index in [1.165, 1.54) is 6.07 Å². The molecule has 2 atom stereocenters. The van der Waals surface area contributed by atoms with E-state index >= 15 is 0 Å². The summed E-state index contributed by atoms with van der Waals surface area (Å²) in [5, 5.41) is 0. The molecule has 1 fully saturated rings. The Balaban J connectivity index is 2.05. The lowest BCUT2D eigenvalue weighted by Crippen LogP contribution is -2.31. The predicted molar refractivity (Wildman–Crippen MR) is 65.2 cm³/mol. The highest BCUT2D eigenvalue weighted by atomic mass is 19.1. The number of nitrogens with zero attached hydrogens (tertiary/aromatic N) is 1. The molecule has 18 heavy (non-hydrogen) atoms. The standard InChI is InChI=1S/C13H15F2N3/c14-7-5-9(15)12-11(6-7)17-13(18-12)8-3-1-2-4-10(8)16/h5-6,8,10H,1-4,16H2,(H,17,18). The van der Waals surface area contributed by atoms with Gasteiger partial charge in [-0.05, 0) is 18.9 Å². The highest BCUT2D eigenvalue weighted by Gasteiger charge is 2.26. The van der Waals surface area contributed by atoms with Crippen molar-refractivity contribution in [3.63, 3.8) is 0 Å². The van der Waals surface area contributed by atoms with E-state index in [1.807, 2.05) is 0 Å². The second-order valence-corrected chi connectivity index (χ2v) is 4.96. The van der Waals surface area contributed by atoms with Gasteiger partial charge in [0.1, 0.15) is 17.2 Å². The summed E-state index contributed by atoms with van der Waals surface area (Å²) < 4.78 is 26.7. The zero-order valence-corrected chi connectivity index (χ0v) is 9.92. The molecular formula is C13H15F2N3. The fourth-order valence-corrected chi connectivity index (χ4v) is 2.74. The molecule has 0 spiro atoms. The van der Waals surface area contributed by atoms with Crippen LogP contribution in [0.4, 0.5) is 8.78 Å². The number of imidazole rings is 1. The van der Waals surface area contributed by atoms with Crippen LogP contribution in [0.3, 0.4) is 0 Å². The van der Waals surface area contributed by atoms with Crippen molar-refractivity contribution in [1.82, 2.24) is 9.97 Å². The quantitative estimate of drug-likeness (QED) is 0.818. The number of rotatable bonds is 1. The number of hydrogen-bond donors (Lipinski definition) is 2. The van der Waals surface area contributed by atoms with E-state index in [-0.39, 0.29) is 17.5 Å². The SMILES string of the molecule is NC1CCCCC1c1nc2c(F)cc(F)cc2[nH]1. The molecule has 3 nitrogen and oxygen atoms in total. The van der Waals surface area contributed by atoms with Gasteiger partial charge in [0.15, 0.2) is 5.82 Å². The molecular weight excluding hydrogens is 236 g/mol. The number of nitrogens with two attached hydrogens (primary N) is 1. The van der Waals surface area contributed by atoms with Crippen molar-refractivity contribution < 1.29 is 8.78 Å². The van der Waals surface area contributed by atoms with E-state index in [4.69, 9.17) is 5.73 Å². The summed E-state index contributed by atoms with van der Waals surface area (Å²) in [5.74, 6) is -0.421. The first kappa shape index (κ1) is 11.6. The molecule has 0 bridgehead atoms. The molecule has 1 aliphatic rings. The van der Waals surface area contributed by atoms with E-state index in [9.17, 15) is 8.78 Å². The lowest BCUT2D eigenvalue weighted by atomic mass is 9.84. The normalized spacial score (nSPS) is 24.6. The third-order valence-corrected chi connectivity index (χ3v) is 3.69. The van der Waals surface area contributed by atoms with Crippen LogP contribution in [0.2, 0.25) is 0 Å². The van der Waals surface area contributed by atoms with Gasteiger partial charge in [-0.1, -0.05) is 12.8 Å². The Morgan fingerprint density at radius 2 is 2.00 bits per heavy atom.